The molecule has 1 fully saturated rings. The van der Waals surface area contributed by atoms with Gasteiger partial charge < -0.3 is 4.90 Å². The molecule has 1 heterocycles. The van der Waals surface area contributed by atoms with E-state index in [0.29, 0.717) is 18.0 Å². The van der Waals surface area contributed by atoms with Gasteiger partial charge in [-0.2, -0.15) is 0 Å². The molecule has 0 spiro atoms. The summed E-state index contributed by atoms with van der Waals surface area (Å²) in [4.78, 5) is 14.9. The highest BCUT2D eigenvalue weighted by Crippen LogP contribution is 2.22. The van der Waals surface area contributed by atoms with Crippen LogP contribution in [0.5, 0.6) is 0 Å². The Kier molecular flexibility index (Phi) is 7.42. The summed E-state index contributed by atoms with van der Waals surface area (Å²) in [5.41, 5.74) is 1.92. The summed E-state index contributed by atoms with van der Waals surface area (Å²) in [6.07, 6.45) is 7.36. The van der Waals surface area contributed by atoms with E-state index in [9.17, 15) is 9.18 Å². The Morgan fingerprint density at radius 2 is 1.78 bits per heavy atom. The van der Waals surface area contributed by atoms with Crippen LogP contribution in [0.25, 0.3) is 0 Å². The van der Waals surface area contributed by atoms with Crippen LogP contribution in [-0.4, -0.2) is 29.8 Å². The molecule has 1 atom stereocenters. The molecule has 0 aliphatic carbocycles. The molecule has 1 aliphatic heterocycles. The summed E-state index contributed by atoms with van der Waals surface area (Å²) in [6.45, 7) is 2.04. The van der Waals surface area contributed by atoms with Gasteiger partial charge in [-0.05, 0) is 80.7 Å². The molecule has 0 radical (unpaired) electrons. The van der Waals surface area contributed by atoms with Crippen molar-refractivity contribution in [2.24, 2.45) is 0 Å². The highest BCUT2D eigenvalue weighted by molar-refractivity contribution is 6.30. The Bertz CT molecular complexity index is 729. The van der Waals surface area contributed by atoms with Crippen molar-refractivity contribution in [3.05, 3.63) is 70.5 Å². The molecule has 2 aromatic rings. The summed E-state index contributed by atoms with van der Waals surface area (Å²) in [7, 11) is 0. The summed E-state index contributed by atoms with van der Waals surface area (Å²) in [5, 5.41) is 0.774. The fraction of sp³-hybridized carbons (Fsp3) is 0.435. The number of rotatable bonds is 7. The third-order valence-electron chi connectivity index (χ3n) is 5.40. The van der Waals surface area contributed by atoms with Crippen LogP contribution in [0.3, 0.4) is 0 Å². The number of likely N-dealkylation sites (tertiary alicyclic amines) is 1. The predicted octanol–water partition coefficient (Wildman–Crippen LogP) is 5.93. The number of carbonyl (C=O) groups excluding carboxylic acids is 1. The van der Waals surface area contributed by atoms with Gasteiger partial charge in [0.05, 0.1) is 0 Å². The lowest BCUT2D eigenvalue weighted by atomic mass is 10.00. The van der Waals surface area contributed by atoms with Gasteiger partial charge in [0, 0.05) is 23.0 Å². The van der Waals surface area contributed by atoms with Crippen LogP contribution < -0.4 is 0 Å². The van der Waals surface area contributed by atoms with E-state index >= 15 is 0 Å². The van der Waals surface area contributed by atoms with Crippen molar-refractivity contribution in [3.63, 3.8) is 0 Å². The average molecular weight is 388 g/mol. The van der Waals surface area contributed by atoms with Crippen molar-refractivity contribution in [2.45, 2.75) is 51.0 Å². The number of nitrogens with zero attached hydrogens (tertiary/aromatic N) is 1. The Morgan fingerprint density at radius 3 is 2.52 bits per heavy atom. The van der Waals surface area contributed by atoms with Gasteiger partial charge in [-0.3, -0.25) is 4.79 Å². The highest BCUT2D eigenvalue weighted by atomic mass is 35.5. The Morgan fingerprint density at radius 1 is 1.04 bits per heavy atom. The maximum atomic E-state index is 13.0. The van der Waals surface area contributed by atoms with E-state index in [2.05, 4.69) is 17.0 Å². The first kappa shape index (κ1) is 20.0. The molecule has 1 unspecified atom stereocenters. The zero-order valence-corrected chi connectivity index (χ0v) is 16.4. The van der Waals surface area contributed by atoms with Crippen LogP contribution in [0.2, 0.25) is 5.02 Å². The van der Waals surface area contributed by atoms with Gasteiger partial charge in [0.1, 0.15) is 5.82 Å². The van der Waals surface area contributed by atoms with Crippen LogP contribution in [-0.2, 0) is 6.42 Å². The zero-order valence-electron chi connectivity index (χ0n) is 15.7. The second-order valence-electron chi connectivity index (χ2n) is 7.40. The maximum absolute atomic E-state index is 13.0. The van der Waals surface area contributed by atoms with E-state index in [1.54, 1.807) is 12.1 Å². The number of ketones is 1. The molecule has 3 rings (SSSR count). The molecular weight excluding hydrogens is 361 g/mol. The standard InChI is InChI=1S/C23H27ClFNO/c24-20-11-7-18(8-12-20)17-22-5-2-1-3-15-26(22)16-4-6-23(27)19-9-13-21(25)14-10-19/h7-14,22H,1-6,15-17H2. The molecule has 27 heavy (non-hydrogen) atoms. The lowest BCUT2D eigenvalue weighted by Gasteiger charge is -2.30. The fourth-order valence-electron chi connectivity index (χ4n) is 3.88. The van der Waals surface area contributed by atoms with E-state index in [0.717, 1.165) is 31.0 Å². The van der Waals surface area contributed by atoms with Gasteiger partial charge >= 0.3 is 0 Å². The first-order valence-electron chi connectivity index (χ1n) is 9.89. The normalized spacial score (nSPS) is 18.2. The first-order chi connectivity index (χ1) is 13.1. The SMILES string of the molecule is O=C(CCCN1CCCCCC1Cc1ccc(Cl)cc1)c1ccc(F)cc1. The molecule has 4 heteroatoms. The first-order valence-corrected chi connectivity index (χ1v) is 10.3. The van der Waals surface area contributed by atoms with Gasteiger partial charge in [0.25, 0.3) is 0 Å². The third-order valence-corrected chi connectivity index (χ3v) is 5.65. The minimum absolute atomic E-state index is 0.0964. The number of Topliss-reactive ketones (excluding diaryl/α,β-unsaturated/α-hetero) is 1. The van der Waals surface area contributed by atoms with Crippen molar-refractivity contribution < 1.29 is 9.18 Å². The van der Waals surface area contributed by atoms with Gasteiger partial charge in [0.15, 0.2) is 5.78 Å². The molecule has 0 N–H and O–H groups in total. The van der Waals surface area contributed by atoms with E-state index in [4.69, 9.17) is 11.6 Å². The second-order valence-corrected chi connectivity index (χ2v) is 7.84. The Labute approximate surface area is 166 Å². The molecule has 1 aliphatic rings. The Balaban J connectivity index is 1.54. The van der Waals surface area contributed by atoms with Gasteiger partial charge in [-0.1, -0.05) is 36.6 Å². The molecular formula is C23H27ClFNO. The fourth-order valence-corrected chi connectivity index (χ4v) is 4.00. The summed E-state index contributed by atoms with van der Waals surface area (Å²) in [6, 6.07) is 14.5. The van der Waals surface area contributed by atoms with E-state index in [1.165, 1.54) is 43.4 Å². The van der Waals surface area contributed by atoms with Gasteiger partial charge in [-0.25, -0.2) is 4.39 Å². The van der Waals surface area contributed by atoms with Gasteiger partial charge in [-0.15, -0.1) is 0 Å². The van der Waals surface area contributed by atoms with E-state index in [-0.39, 0.29) is 11.6 Å². The Hall–Kier alpha value is -1.71. The van der Waals surface area contributed by atoms with Crippen molar-refractivity contribution in [1.82, 2.24) is 4.90 Å². The van der Waals surface area contributed by atoms with E-state index in [1.807, 2.05) is 12.1 Å². The molecule has 144 valence electrons. The van der Waals surface area contributed by atoms with Crippen molar-refractivity contribution in [2.75, 3.05) is 13.1 Å². The predicted molar refractivity (Wildman–Crippen MR) is 109 cm³/mol. The lowest BCUT2D eigenvalue weighted by Crippen LogP contribution is -2.37. The molecule has 0 amide bonds. The highest BCUT2D eigenvalue weighted by Gasteiger charge is 2.21. The largest absolute Gasteiger partial charge is 0.300 e. The summed E-state index contributed by atoms with van der Waals surface area (Å²) in [5.74, 6) is -0.208. The number of hydrogen-bond donors (Lipinski definition) is 0. The van der Waals surface area contributed by atoms with Crippen molar-refractivity contribution in [1.29, 1.82) is 0 Å². The molecule has 0 saturated carbocycles. The minimum Gasteiger partial charge on any atom is -0.300 e. The van der Waals surface area contributed by atoms with Crippen LogP contribution >= 0.6 is 11.6 Å². The maximum Gasteiger partial charge on any atom is 0.162 e. The average Bonchev–Trinajstić information content (AvgIpc) is 2.89. The monoisotopic (exact) mass is 387 g/mol. The summed E-state index contributed by atoms with van der Waals surface area (Å²) < 4.78 is 13.0. The van der Waals surface area contributed by atoms with Crippen LogP contribution in [0.15, 0.2) is 48.5 Å². The molecule has 0 aromatic heterocycles. The third kappa shape index (κ3) is 6.15. The quantitative estimate of drug-likeness (QED) is 0.549. The number of carbonyl (C=O) groups is 1. The van der Waals surface area contributed by atoms with Crippen molar-refractivity contribution >= 4 is 17.4 Å². The minimum atomic E-state index is -0.304. The van der Waals surface area contributed by atoms with Crippen LogP contribution in [0.4, 0.5) is 4.39 Å². The number of halogens is 2. The number of benzene rings is 2. The van der Waals surface area contributed by atoms with Crippen LogP contribution in [0.1, 0.15) is 54.4 Å². The molecule has 0 bridgehead atoms. The smallest absolute Gasteiger partial charge is 0.162 e. The topological polar surface area (TPSA) is 20.3 Å². The second kappa shape index (κ2) is 10.0. The molecule has 1 saturated heterocycles. The number of hydrogen-bond acceptors (Lipinski definition) is 2. The molecule has 2 nitrogen and oxygen atoms in total. The summed E-state index contributed by atoms with van der Waals surface area (Å²) >= 11 is 6.00. The molecule has 2 aromatic carbocycles. The van der Waals surface area contributed by atoms with E-state index < -0.39 is 0 Å². The van der Waals surface area contributed by atoms with Gasteiger partial charge in [0.2, 0.25) is 0 Å². The van der Waals surface area contributed by atoms with Crippen molar-refractivity contribution in [3.8, 4) is 0 Å². The van der Waals surface area contributed by atoms with Crippen LogP contribution in [0, 0.1) is 5.82 Å². The lowest BCUT2D eigenvalue weighted by molar-refractivity contribution is 0.0970. The zero-order chi connectivity index (χ0) is 19.1.